The van der Waals surface area contributed by atoms with Gasteiger partial charge >= 0.3 is 6.03 Å². The fourth-order valence-electron chi connectivity index (χ4n) is 3.48. The lowest BCUT2D eigenvalue weighted by atomic mass is 9.90. The van der Waals surface area contributed by atoms with E-state index in [1.807, 2.05) is 32.0 Å². The number of rotatable bonds is 7. The highest BCUT2D eigenvalue weighted by Crippen LogP contribution is 2.22. The van der Waals surface area contributed by atoms with Crippen molar-refractivity contribution in [3.63, 3.8) is 0 Å². The minimum atomic E-state index is -0.749. The van der Waals surface area contributed by atoms with Crippen LogP contribution in [0, 0.1) is 13.8 Å². The summed E-state index contributed by atoms with van der Waals surface area (Å²) in [6.45, 7) is 4.27. The second-order valence-corrected chi connectivity index (χ2v) is 7.52. The van der Waals surface area contributed by atoms with Crippen molar-refractivity contribution >= 4 is 6.03 Å². The quantitative estimate of drug-likeness (QED) is 0.694. The van der Waals surface area contributed by atoms with Gasteiger partial charge in [0, 0.05) is 18.6 Å². The second kappa shape index (κ2) is 9.78. The first-order valence-corrected chi connectivity index (χ1v) is 9.44. The van der Waals surface area contributed by atoms with E-state index in [1.165, 1.54) is 6.42 Å². The van der Waals surface area contributed by atoms with Crippen LogP contribution < -0.4 is 15.4 Å². The molecule has 6 heteroatoms. The molecule has 2 rings (SSSR count). The van der Waals surface area contributed by atoms with Crippen molar-refractivity contribution in [1.29, 1.82) is 0 Å². The van der Waals surface area contributed by atoms with E-state index in [1.54, 1.807) is 0 Å². The number of aliphatic hydroxyl groups excluding tert-OH is 1. The maximum atomic E-state index is 12.1. The highest BCUT2D eigenvalue weighted by Gasteiger charge is 2.24. The summed E-state index contributed by atoms with van der Waals surface area (Å²) in [5.41, 5.74) is 2.08. The molecule has 0 aromatic heterocycles. The van der Waals surface area contributed by atoms with Gasteiger partial charge in [0.05, 0.1) is 0 Å². The number of amides is 2. The Labute approximate surface area is 156 Å². The predicted octanol–water partition coefficient (Wildman–Crippen LogP) is 2.22. The van der Waals surface area contributed by atoms with E-state index in [9.17, 15) is 9.90 Å². The number of ether oxygens (including phenoxy) is 1. The minimum Gasteiger partial charge on any atom is -0.490 e. The monoisotopic (exact) mass is 363 g/mol. The van der Waals surface area contributed by atoms with Crippen LogP contribution in [-0.2, 0) is 0 Å². The summed E-state index contributed by atoms with van der Waals surface area (Å²) < 4.78 is 5.72. The number of carbonyl (C=O) groups is 1. The third-order valence-corrected chi connectivity index (χ3v) is 5.04. The van der Waals surface area contributed by atoms with Gasteiger partial charge in [0.2, 0.25) is 0 Å². The molecule has 1 aromatic rings. The number of para-hydroxylation sites is 1. The number of benzene rings is 1. The van der Waals surface area contributed by atoms with E-state index in [2.05, 4.69) is 29.6 Å². The standard InChI is InChI=1S/C20H33N3O3/c1-14-7-5-8-15(2)19(14)26-13-18(24)12-21-20(25)22-16-9-6-10-17(11-16)23(3)4/h5,7-8,16-18,24H,6,9-13H2,1-4H3,(H2,21,22,25)/t16-,17+,18+/m0/s1. The summed E-state index contributed by atoms with van der Waals surface area (Å²) in [5, 5.41) is 15.9. The molecule has 1 aliphatic rings. The van der Waals surface area contributed by atoms with E-state index in [0.717, 1.165) is 36.1 Å². The maximum absolute atomic E-state index is 12.1. The summed E-state index contributed by atoms with van der Waals surface area (Å²) in [7, 11) is 4.17. The Morgan fingerprint density at radius 3 is 2.65 bits per heavy atom. The maximum Gasteiger partial charge on any atom is 0.315 e. The third kappa shape index (κ3) is 6.18. The lowest BCUT2D eigenvalue weighted by Gasteiger charge is -2.33. The van der Waals surface area contributed by atoms with Gasteiger partial charge < -0.3 is 25.4 Å². The van der Waals surface area contributed by atoms with Gasteiger partial charge in [-0.2, -0.15) is 0 Å². The van der Waals surface area contributed by atoms with Crippen LogP contribution in [-0.4, -0.2) is 61.5 Å². The molecule has 0 unspecified atom stereocenters. The third-order valence-electron chi connectivity index (χ3n) is 5.04. The van der Waals surface area contributed by atoms with Gasteiger partial charge in [-0.05, 0) is 64.8 Å². The average molecular weight is 364 g/mol. The number of aryl methyl sites for hydroxylation is 2. The molecule has 1 saturated carbocycles. The van der Waals surface area contributed by atoms with Crippen LogP contribution in [0.25, 0.3) is 0 Å². The zero-order valence-electron chi connectivity index (χ0n) is 16.4. The van der Waals surface area contributed by atoms with E-state index in [4.69, 9.17) is 4.74 Å². The zero-order chi connectivity index (χ0) is 19.1. The first kappa shape index (κ1) is 20.5. The fourth-order valence-corrected chi connectivity index (χ4v) is 3.48. The Morgan fingerprint density at radius 2 is 2.00 bits per heavy atom. The van der Waals surface area contributed by atoms with E-state index >= 15 is 0 Å². The van der Waals surface area contributed by atoms with E-state index in [-0.39, 0.29) is 25.2 Å². The zero-order valence-corrected chi connectivity index (χ0v) is 16.4. The van der Waals surface area contributed by atoms with Gasteiger partial charge in [-0.25, -0.2) is 4.79 Å². The molecule has 2 amide bonds. The molecule has 26 heavy (non-hydrogen) atoms. The topological polar surface area (TPSA) is 73.8 Å². The largest absolute Gasteiger partial charge is 0.490 e. The number of hydrogen-bond acceptors (Lipinski definition) is 4. The lowest BCUT2D eigenvalue weighted by molar-refractivity contribution is 0.106. The number of aliphatic hydroxyl groups is 1. The van der Waals surface area contributed by atoms with Gasteiger partial charge in [-0.3, -0.25) is 0 Å². The second-order valence-electron chi connectivity index (χ2n) is 7.52. The van der Waals surface area contributed by atoms with Gasteiger partial charge in [-0.15, -0.1) is 0 Å². The van der Waals surface area contributed by atoms with Crippen LogP contribution >= 0.6 is 0 Å². The molecule has 3 atom stereocenters. The fraction of sp³-hybridized carbons (Fsp3) is 0.650. The molecule has 1 aromatic carbocycles. The Kier molecular flexibility index (Phi) is 7.72. The van der Waals surface area contributed by atoms with Crippen molar-refractivity contribution in [3.8, 4) is 5.75 Å². The van der Waals surface area contributed by atoms with Gasteiger partial charge in [-0.1, -0.05) is 18.2 Å². The summed E-state index contributed by atoms with van der Waals surface area (Å²) in [6.07, 6.45) is 3.54. The lowest BCUT2D eigenvalue weighted by Crippen LogP contribution is -2.48. The molecule has 0 heterocycles. The number of nitrogens with one attached hydrogen (secondary N) is 2. The van der Waals surface area contributed by atoms with Crippen molar-refractivity contribution in [2.24, 2.45) is 0 Å². The summed E-state index contributed by atoms with van der Waals surface area (Å²) in [6, 6.07) is 6.42. The molecular weight excluding hydrogens is 330 g/mol. The Hall–Kier alpha value is -1.79. The number of hydrogen-bond donors (Lipinski definition) is 3. The van der Waals surface area contributed by atoms with Crippen molar-refractivity contribution < 1.29 is 14.6 Å². The smallest absolute Gasteiger partial charge is 0.315 e. The van der Waals surface area contributed by atoms with Crippen molar-refractivity contribution in [2.75, 3.05) is 27.2 Å². The Morgan fingerprint density at radius 1 is 1.31 bits per heavy atom. The normalized spacial score (nSPS) is 21.3. The minimum absolute atomic E-state index is 0.151. The summed E-state index contributed by atoms with van der Waals surface area (Å²) in [4.78, 5) is 14.3. The van der Waals surface area contributed by atoms with Gasteiger partial charge in [0.1, 0.15) is 18.5 Å². The SMILES string of the molecule is Cc1cccc(C)c1OC[C@H](O)CNC(=O)N[C@H]1CCC[C@@H](N(C)C)C1. The van der Waals surface area contributed by atoms with Crippen LogP contribution in [0.5, 0.6) is 5.75 Å². The van der Waals surface area contributed by atoms with Gasteiger partial charge in [0.25, 0.3) is 0 Å². The van der Waals surface area contributed by atoms with Crippen LogP contribution in [0.1, 0.15) is 36.8 Å². The molecule has 0 aliphatic heterocycles. The summed E-state index contributed by atoms with van der Waals surface area (Å²) in [5.74, 6) is 0.799. The first-order chi connectivity index (χ1) is 12.4. The molecule has 1 aliphatic carbocycles. The van der Waals surface area contributed by atoms with Crippen LogP contribution in [0.3, 0.4) is 0 Å². The molecule has 0 saturated heterocycles. The van der Waals surface area contributed by atoms with Crippen molar-refractivity contribution in [1.82, 2.24) is 15.5 Å². The Balaban J connectivity index is 1.70. The molecular formula is C20H33N3O3. The molecule has 0 spiro atoms. The molecule has 0 radical (unpaired) electrons. The van der Waals surface area contributed by atoms with Crippen LogP contribution in [0.15, 0.2) is 18.2 Å². The predicted molar refractivity (Wildman–Crippen MR) is 104 cm³/mol. The average Bonchev–Trinajstić information content (AvgIpc) is 2.59. The van der Waals surface area contributed by atoms with Gasteiger partial charge in [0.15, 0.2) is 0 Å². The van der Waals surface area contributed by atoms with Crippen molar-refractivity contribution in [2.45, 2.75) is 57.7 Å². The first-order valence-electron chi connectivity index (χ1n) is 9.44. The molecule has 3 N–H and O–H groups in total. The van der Waals surface area contributed by atoms with Crippen molar-refractivity contribution in [3.05, 3.63) is 29.3 Å². The highest BCUT2D eigenvalue weighted by atomic mass is 16.5. The Bertz CT molecular complexity index is 571. The molecule has 1 fully saturated rings. The number of nitrogens with zero attached hydrogens (tertiary/aromatic N) is 1. The molecule has 146 valence electrons. The van der Waals surface area contributed by atoms with Crippen LogP contribution in [0.4, 0.5) is 4.79 Å². The number of urea groups is 1. The number of carbonyl (C=O) groups excluding carboxylic acids is 1. The summed E-state index contributed by atoms with van der Waals surface area (Å²) >= 11 is 0. The molecule has 6 nitrogen and oxygen atoms in total. The molecule has 0 bridgehead atoms. The van der Waals surface area contributed by atoms with E-state index < -0.39 is 6.10 Å². The van der Waals surface area contributed by atoms with Crippen LogP contribution in [0.2, 0.25) is 0 Å². The van der Waals surface area contributed by atoms with E-state index in [0.29, 0.717) is 6.04 Å². The highest BCUT2D eigenvalue weighted by molar-refractivity contribution is 5.74.